The SMILES string of the molecule is CCOC(=O)c1cccc(N=C2SC(=Cc3ccc(-c4cc(Cl)c([N+](=O)[O-])cc4Cl)o3)C(=O)N2CC)c1. The van der Waals surface area contributed by atoms with Crippen molar-refractivity contribution in [3.05, 3.63) is 84.9 Å². The Balaban J connectivity index is 1.61. The van der Waals surface area contributed by atoms with E-state index >= 15 is 0 Å². The average Bonchev–Trinajstić information content (AvgIpc) is 3.44. The van der Waals surface area contributed by atoms with Gasteiger partial charge in [-0.1, -0.05) is 29.3 Å². The van der Waals surface area contributed by atoms with Gasteiger partial charge in [0.15, 0.2) is 5.17 Å². The van der Waals surface area contributed by atoms with Gasteiger partial charge in [-0.2, -0.15) is 0 Å². The van der Waals surface area contributed by atoms with Gasteiger partial charge in [0.1, 0.15) is 16.5 Å². The van der Waals surface area contributed by atoms with Crippen LogP contribution in [0.5, 0.6) is 0 Å². The van der Waals surface area contributed by atoms with E-state index in [1.807, 2.05) is 6.92 Å². The number of rotatable bonds is 7. The Kier molecular flexibility index (Phi) is 8.01. The van der Waals surface area contributed by atoms with E-state index in [4.69, 9.17) is 32.4 Å². The number of aliphatic imine (C=N–C) groups is 1. The number of amides is 1. The summed E-state index contributed by atoms with van der Waals surface area (Å²) in [4.78, 5) is 42.0. The van der Waals surface area contributed by atoms with Crippen molar-refractivity contribution >= 4 is 69.5 Å². The molecule has 1 amide bonds. The van der Waals surface area contributed by atoms with Crippen molar-refractivity contribution in [2.75, 3.05) is 13.2 Å². The topological polar surface area (TPSA) is 115 Å². The molecule has 2 aromatic carbocycles. The number of furan rings is 1. The monoisotopic (exact) mass is 559 g/mol. The fourth-order valence-corrected chi connectivity index (χ4v) is 4.99. The van der Waals surface area contributed by atoms with E-state index in [1.54, 1.807) is 49.4 Å². The van der Waals surface area contributed by atoms with Crippen LogP contribution in [0, 0.1) is 10.1 Å². The standard InChI is InChI=1S/C25H19Cl2N3O6S/c1-3-29-23(31)22(37-25(29)28-15-7-5-6-14(10-15)24(32)35-4-2)11-16-8-9-21(36-16)17-12-19(27)20(30(33)34)13-18(17)26/h5-13H,3-4H2,1-2H3. The average molecular weight is 560 g/mol. The van der Waals surface area contributed by atoms with Crippen molar-refractivity contribution in [2.24, 2.45) is 4.99 Å². The minimum atomic E-state index is -0.620. The Labute approximate surface area is 225 Å². The lowest BCUT2D eigenvalue weighted by molar-refractivity contribution is -0.384. The Morgan fingerprint density at radius 3 is 2.68 bits per heavy atom. The third kappa shape index (κ3) is 5.71. The second-order valence-electron chi connectivity index (χ2n) is 7.57. The molecule has 0 bridgehead atoms. The summed E-state index contributed by atoms with van der Waals surface area (Å²) in [5.74, 6) is 0.0111. The normalized spacial score (nSPS) is 15.6. The molecule has 12 heteroatoms. The Hall–Kier alpha value is -3.60. The van der Waals surface area contributed by atoms with Gasteiger partial charge in [-0.3, -0.25) is 19.8 Å². The number of hydrogen-bond donors (Lipinski definition) is 0. The highest BCUT2D eigenvalue weighted by atomic mass is 35.5. The van der Waals surface area contributed by atoms with Crippen LogP contribution in [0.25, 0.3) is 17.4 Å². The molecule has 0 N–H and O–H groups in total. The molecule has 0 aliphatic carbocycles. The summed E-state index contributed by atoms with van der Waals surface area (Å²) in [5.41, 5.74) is 0.943. The van der Waals surface area contributed by atoms with Crippen LogP contribution in [-0.2, 0) is 9.53 Å². The second kappa shape index (κ2) is 11.2. The van der Waals surface area contributed by atoms with Crippen LogP contribution in [0.3, 0.4) is 0 Å². The van der Waals surface area contributed by atoms with Gasteiger partial charge in [-0.15, -0.1) is 0 Å². The Morgan fingerprint density at radius 2 is 1.97 bits per heavy atom. The lowest BCUT2D eigenvalue weighted by Gasteiger charge is -2.12. The van der Waals surface area contributed by atoms with Crippen LogP contribution in [0.4, 0.5) is 11.4 Å². The van der Waals surface area contributed by atoms with Crippen molar-refractivity contribution in [3.8, 4) is 11.3 Å². The van der Waals surface area contributed by atoms with E-state index in [0.717, 1.165) is 6.07 Å². The zero-order valence-electron chi connectivity index (χ0n) is 19.6. The molecule has 190 valence electrons. The second-order valence-corrected chi connectivity index (χ2v) is 9.39. The molecule has 4 rings (SSSR count). The third-order valence-electron chi connectivity index (χ3n) is 5.19. The molecule has 0 unspecified atom stereocenters. The number of carbonyl (C=O) groups is 2. The molecule has 1 aromatic heterocycles. The van der Waals surface area contributed by atoms with Crippen LogP contribution in [0.15, 0.2) is 62.8 Å². The summed E-state index contributed by atoms with van der Waals surface area (Å²) in [6.45, 7) is 4.21. The summed E-state index contributed by atoms with van der Waals surface area (Å²) in [6.07, 6.45) is 1.58. The number of benzene rings is 2. The largest absolute Gasteiger partial charge is 0.462 e. The number of thioether (sulfide) groups is 1. The summed E-state index contributed by atoms with van der Waals surface area (Å²) < 4.78 is 10.9. The van der Waals surface area contributed by atoms with E-state index in [1.165, 1.54) is 22.7 Å². The molecular formula is C25H19Cl2N3O6S. The highest BCUT2D eigenvalue weighted by Crippen LogP contribution is 2.39. The van der Waals surface area contributed by atoms with Crippen LogP contribution in [0.2, 0.25) is 10.0 Å². The van der Waals surface area contributed by atoms with Crippen molar-refractivity contribution in [2.45, 2.75) is 13.8 Å². The van der Waals surface area contributed by atoms with Crippen LogP contribution >= 0.6 is 35.0 Å². The van der Waals surface area contributed by atoms with Gasteiger partial charge >= 0.3 is 5.97 Å². The van der Waals surface area contributed by atoms with E-state index in [2.05, 4.69) is 4.99 Å². The smallest absolute Gasteiger partial charge is 0.338 e. The van der Waals surface area contributed by atoms with Crippen molar-refractivity contribution in [3.63, 3.8) is 0 Å². The van der Waals surface area contributed by atoms with E-state index in [0.29, 0.717) is 45.0 Å². The zero-order valence-corrected chi connectivity index (χ0v) is 21.9. The number of nitro groups is 1. The first kappa shape index (κ1) is 26.5. The van der Waals surface area contributed by atoms with Crippen molar-refractivity contribution in [1.29, 1.82) is 0 Å². The quantitative estimate of drug-likeness (QED) is 0.133. The summed E-state index contributed by atoms with van der Waals surface area (Å²) in [6, 6.07) is 12.5. The summed E-state index contributed by atoms with van der Waals surface area (Å²) in [7, 11) is 0. The number of nitrogens with zero attached hydrogens (tertiary/aromatic N) is 3. The number of carbonyl (C=O) groups excluding carboxylic acids is 2. The van der Waals surface area contributed by atoms with Gasteiger partial charge < -0.3 is 9.15 Å². The molecule has 1 aliphatic heterocycles. The maximum Gasteiger partial charge on any atom is 0.338 e. The lowest BCUT2D eigenvalue weighted by atomic mass is 10.1. The Morgan fingerprint density at radius 1 is 1.19 bits per heavy atom. The van der Waals surface area contributed by atoms with Crippen molar-refractivity contribution < 1.29 is 23.7 Å². The molecule has 1 fully saturated rings. The van der Waals surface area contributed by atoms with Gasteiger partial charge in [-0.05, 0) is 62.0 Å². The fraction of sp³-hybridized carbons (Fsp3) is 0.160. The zero-order chi connectivity index (χ0) is 26.7. The van der Waals surface area contributed by atoms with E-state index in [9.17, 15) is 19.7 Å². The molecule has 2 heterocycles. The fourth-order valence-electron chi connectivity index (χ4n) is 3.47. The molecule has 0 spiro atoms. The van der Waals surface area contributed by atoms with Gasteiger partial charge in [-0.25, -0.2) is 9.79 Å². The maximum atomic E-state index is 13.0. The molecule has 37 heavy (non-hydrogen) atoms. The molecule has 0 atom stereocenters. The number of halogens is 2. The first-order valence-electron chi connectivity index (χ1n) is 11.0. The molecule has 0 saturated carbocycles. The first-order chi connectivity index (χ1) is 17.7. The number of amidine groups is 1. The summed E-state index contributed by atoms with van der Waals surface area (Å²) in [5, 5.41) is 11.6. The maximum absolute atomic E-state index is 13.0. The molecule has 3 aromatic rings. The molecule has 9 nitrogen and oxygen atoms in total. The molecule has 0 radical (unpaired) electrons. The highest BCUT2D eigenvalue weighted by molar-refractivity contribution is 8.18. The lowest BCUT2D eigenvalue weighted by Crippen LogP contribution is -2.28. The minimum absolute atomic E-state index is 0.0753. The number of nitro benzene ring substituents is 1. The summed E-state index contributed by atoms with van der Waals surface area (Å²) >= 11 is 13.4. The van der Waals surface area contributed by atoms with Crippen LogP contribution in [0.1, 0.15) is 30.0 Å². The highest BCUT2D eigenvalue weighted by Gasteiger charge is 2.32. The predicted molar refractivity (Wildman–Crippen MR) is 143 cm³/mol. The van der Waals surface area contributed by atoms with Gasteiger partial charge in [0, 0.05) is 24.3 Å². The molecular weight excluding hydrogens is 541 g/mol. The van der Waals surface area contributed by atoms with Gasteiger partial charge in [0.2, 0.25) is 0 Å². The predicted octanol–water partition coefficient (Wildman–Crippen LogP) is 6.96. The number of ether oxygens (including phenoxy) is 1. The Bertz CT molecular complexity index is 1470. The van der Waals surface area contributed by atoms with E-state index in [-0.39, 0.29) is 28.2 Å². The molecule has 1 aliphatic rings. The number of hydrogen-bond acceptors (Lipinski definition) is 8. The number of esters is 1. The molecule has 1 saturated heterocycles. The third-order valence-corrected chi connectivity index (χ3v) is 6.81. The van der Waals surface area contributed by atoms with Crippen LogP contribution < -0.4 is 0 Å². The van der Waals surface area contributed by atoms with Gasteiger partial charge in [0.05, 0.1) is 32.7 Å². The van der Waals surface area contributed by atoms with Gasteiger partial charge in [0.25, 0.3) is 11.6 Å². The number of likely N-dealkylation sites (N-methyl/N-ethyl adjacent to an activating group) is 1. The van der Waals surface area contributed by atoms with Crippen molar-refractivity contribution in [1.82, 2.24) is 4.90 Å². The van der Waals surface area contributed by atoms with E-state index < -0.39 is 10.9 Å². The van der Waals surface area contributed by atoms with Crippen LogP contribution in [-0.4, -0.2) is 40.0 Å². The first-order valence-corrected chi connectivity index (χ1v) is 12.6. The minimum Gasteiger partial charge on any atom is -0.462 e.